The van der Waals surface area contributed by atoms with Crippen LogP contribution in [0.5, 0.6) is 0 Å². The molecular weight excluding hydrogens is 1460 g/mol. The highest BCUT2D eigenvalue weighted by Gasteiger charge is 2.30. The van der Waals surface area contributed by atoms with E-state index in [0.29, 0.717) is 51.4 Å². The maximum Gasteiger partial charge on any atom is 0.472 e. The van der Waals surface area contributed by atoms with Crippen molar-refractivity contribution in [2.75, 3.05) is 65.7 Å². The third kappa shape index (κ3) is 71.6. The molecule has 6 N–H and O–H groups in total. The van der Waals surface area contributed by atoms with E-state index in [9.17, 15) is 52.5 Å². The SMILES string of the molecule is CCCCCCCCCCCCCC(=O)NC(COP(=O)(O)OCCNC(=O)NCCOP(=O)(O)OCC(CN(CCC(CCCCCCC)OC(=O)CCCCCCCCCCC)C(C)=O)NC(=O)CCCCCCCCCCCCC)CN(CCC(CCCCCCC)OC(=O)CCCCCCCCCCC)C(C)=O. The van der Waals surface area contributed by atoms with Crippen LogP contribution in [0.2, 0.25) is 0 Å². The fourth-order valence-corrected chi connectivity index (χ4v) is 15.5. The third-order valence-electron chi connectivity index (χ3n) is 20.9. The van der Waals surface area contributed by atoms with Crippen LogP contribution in [0.15, 0.2) is 0 Å². The van der Waals surface area contributed by atoms with Gasteiger partial charge in [0, 0.05) is 91.6 Å². The Bertz CT molecular complexity index is 2230. The molecule has 0 saturated heterocycles. The van der Waals surface area contributed by atoms with Crippen LogP contribution in [0.3, 0.4) is 0 Å². The van der Waals surface area contributed by atoms with Crippen molar-refractivity contribution in [2.24, 2.45) is 0 Å². The highest BCUT2D eigenvalue weighted by Crippen LogP contribution is 2.44. The number of hydrogen-bond donors (Lipinski definition) is 6. The minimum Gasteiger partial charge on any atom is -0.462 e. The number of nitrogens with zero attached hydrogens (tertiary/aromatic N) is 2. The summed E-state index contributed by atoms with van der Waals surface area (Å²) in [5.41, 5.74) is 0. The van der Waals surface area contributed by atoms with Crippen molar-refractivity contribution in [1.82, 2.24) is 31.1 Å². The Balaban J connectivity index is 5.96. The Morgan fingerprint density at radius 2 is 0.562 bits per heavy atom. The molecule has 0 aromatic carbocycles. The van der Waals surface area contributed by atoms with Crippen molar-refractivity contribution < 1.29 is 80.0 Å². The van der Waals surface area contributed by atoms with E-state index in [0.717, 1.165) is 167 Å². The number of amides is 6. The molecule has 0 rings (SSSR count). The summed E-state index contributed by atoms with van der Waals surface area (Å²) in [6, 6.07) is -2.60. The Labute approximate surface area is 682 Å². The highest BCUT2D eigenvalue weighted by atomic mass is 31.2. The summed E-state index contributed by atoms with van der Waals surface area (Å²) in [4.78, 5) is 118. The molecule has 25 heteroatoms. The summed E-state index contributed by atoms with van der Waals surface area (Å²) in [6.45, 7) is 13.8. The Hall–Kier alpha value is -3.69. The van der Waals surface area contributed by atoms with Gasteiger partial charge < -0.3 is 50.3 Å². The molecule has 6 atom stereocenters. The van der Waals surface area contributed by atoms with Crippen molar-refractivity contribution >= 4 is 57.2 Å². The molecule has 0 aliphatic rings. The monoisotopic (exact) mass is 1630 g/mol. The summed E-state index contributed by atoms with van der Waals surface area (Å²) < 4.78 is 60.3. The Morgan fingerprint density at radius 3 is 0.821 bits per heavy atom. The molecule has 0 radical (unpaired) electrons. The summed E-state index contributed by atoms with van der Waals surface area (Å²) in [5, 5.41) is 10.9. The third-order valence-corrected chi connectivity index (χ3v) is 22.9. The van der Waals surface area contributed by atoms with Crippen LogP contribution in [0.4, 0.5) is 4.79 Å². The highest BCUT2D eigenvalue weighted by molar-refractivity contribution is 7.47. The molecule has 0 heterocycles. The molecular formula is C87H170N6O17P2. The number of hydrogen-bond acceptors (Lipinski definition) is 15. The van der Waals surface area contributed by atoms with Gasteiger partial charge in [0.25, 0.3) is 0 Å². The van der Waals surface area contributed by atoms with Crippen LogP contribution < -0.4 is 21.3 Å². The Kier molecular flexibility index (Phi) is 74.7. The first-order valence-electron chi connectivity index (χ1n) is 45.9. The largest absolute Gasteiger partial charge is 0.472 e. The predicted octanol–water partition coefficient (Wildman–Crippen LogP) is 21.8. The molecule has 0 aliphatic heterocycles. The van der Waals surface area contributed by atoms with Crippen LogP contribution in [0, 0.1) is 0 Å². The number of carbonyl (C=O) groups excluding carboxylic acids is 7. The molecule has 0 aromatic heterocycles. The molecule has 0 spiro atoms. The van der Waals surface area contributed by atoms with Gasteiger partial charge in [-0.25, -0.2) is 13.9 Å². The average molecular weight is 1630 g/mol. The van der Waals surface area contributed by atoms with Crippen molar-refractivity contribution in [3.63, 3.8) is 0 Å². The van der Waals surface area contributed by atoms with Gasteiger partial charge in [-0.15, -0.1) is 0 Å². The normalized spacial score (nSPS) is 13.7. The maximum absolute atomic E-state index is 13.5. The molecule has 112 heavy (non-hydrogen) atoms. The second-order valence-corrected chi connectivity index (χ2v) is 34.7. The van der Waals surface area contributed by atoms with Gasteiger partial charge in [0.15, 0.2) is 0 Å². The molecule has 0 bridgehead atoms. The first kappa shape index (κ1) is 108. The smallest absolute Gasteiger partial charge is 0.462 e. The van der Waals surface area contributed by atoms with Crippen LogP contribution in [0.1, 0.15) is 428 Å². The van der Waals surface area contributed by atoms with Crippen LogP contribution >= 0.6 is 15.6 Å². The van der Waals surface area contributed by atoms with E-state index < -0.39 is 72.4 Å². The standard InChI is InChI=1S/C87H170N6O17P2/c1-9-15-21-27-31-35-37-41-43-49-55-61-83(96)90-79(73-92(77(7)94)69-65-81(59-53-47-25-19-13-5)109-85(98)63-57-51-45-39-33-29-23-17-11-3)75-107-111(101,102)105-71-67-88-87(100)89-68-72-106-112(103,104)108-76-80(91-84(97)62-56-50-44-42-38-36-32-28-22-16-10-2)74-93(78(8)95)70-66-82(60-54-48-26-20-14-6)110-86(99)64-58-52-46-40-34-30-24-18-12-4/h79-82H,9-76H2,1-8H3,(H,90,96)(H,91,97)(H,101,102)(H,103,104)(H2,88,89,100). The lowest BCUT2D eigenvalue weighted by Crippen LogP contribution is -2.48. The zero-order valence-corrected chi connectivity index (χ0v) is 74.5. The van der Waals surface area contributed by atoms with Crippen molar-refractivity contribution in [3.8, 4) is 0 Å². The zero-order chi connectivity index (χ0) is 82.7. The van der Waals surface area contributed by atoms with E-state index in [1.165, 1.54) is 165 Å². The molecule has 660 valence electrons. The number of rotatable bonds is 84. The van der Waals surface area contributed by atoms with Crippen LogP contribution in [-0.2, 0) is 65.5 Å². The lowest BCUT2D eigenvalue weighted by molar-refractivity contribution is -0.151. The number of urea groups is 1. The number of ether oxygens (including phenoxy) is 2. The minimum absolute atomic E-state index is 0.0578. The number of phosphoric acid groups is 2. The lowest BCUT2D eigenvalue weighted by Gasteiger charge is -2.29. The van der Waals surface area contributed by atoms with Gasteiger partial charge in [0.1, 0.15) is 12.2 Å². The predicted molar refractivity (Wildman–Crippen MR) is 455 cm³/mol. The van der Waals surface area contributed by atoms with Gasteiger partial charge in [-0.2, -0.15) is 0 Å². The summed E-state index contributed by atoms with van der Waals surface area (Å²) in [5.74, 6) is -1.67. The quantitative estimate of drug-likeness (QED) is 0.0187. The van der Waals surface area contributed by atoms with Gasteiger partial charge in [0.05, 0.1) is 38.5 Å². The maximum atomic E-state index is 13.5. The molecule has 0 fully saturated rings. The van der Waals surface area contributed by atoms with E-state index >= 15 is 0 Å². The number of esters is 2. The van der Waals surface area contributed by atoms with Crippen molar-refractivity contribution in [3.05, 3.63) is 0 Å². The van der Waals surface area contributed by atoms with E-state index in [4.69, 9.17) is 27.6 Å². The lowest BCUT2D eigenvalue weighted by atomic mass is 10.0. The number of carbonyl (C=O) groups is 7. The topological polar surface area (TPSA) is 304 Å². The van der Waals surface area contributed by atoms with Crippen LogP contribution in [-0.4, -0.2) is 151 Å². The number of phosphoric ester groups is 2. The van der Waals surface area contributed by atoms with Crippen molar-refractivity contribution in [2.45, 2.75) is 452 Å². The average Bonchev–Trinajstić information content (AvgIpc) is 0.876. The Morgan fingerprint density at radius 1 is 0.321 bits per heavy atom. The first-order chi connectivity index (χ1) is 54.1. The molecule has 6 unspecified atom stereocenters. The zero-order valence-electron chi connectivity index (χ0n) is 72.7. The summed E-state index contributed by atoms with van der Waals surface area (Å²) in [6.07, 6.45) is 57.6. The van der Waals surface area contributed by atoms with Gasteiger partial charge in [0.2, 0.25) is 23.6 Å². The fourth-order valence-electron chi connectivity index (χ4n) is 13.9. The molecule has 0 aromatic rings. The molecule has 23 nitrogen and oxygen atoms in total. The van der Waals surface area contributed by atoms with Gasteiger partial charge in [-0.3, -0.25) is 46.9 Å². The second-order valence-electron chi connectivity index (χ2n) is 31.8. The van der Waals surface area contributed by atoms with E-state index in [1.807, 2.05) is 0 Å². The minimum atomic E-state index is -4.81. The second kappa shape index (κ2) is 77.2. The molecule has 0 saturated carbocycles. The first-order valence-corrected chi connectivity index (χ1v) is 48.9. The molecule has 0 aliphatic carbocycles. The summed E-state index contributed by atoms with van der Waals surface area (Å²) in [7, 11) is -9.63. The van der Waals surface area contributed by atoms with Gasteiger partial charge in [-0.1, -0.05) is 324 Å². The van der Waals surface area contributed by atoms with E-state index in [2.05, 4.69) is 62.8 Å². The van der Waals surface area contributed by atoms with E-state index in [-0.39, 0.29) is 87.7 Å². The number of unbranched alkanes of at least 4 members (excludes halogenated alkanes) is 44. The number of nitrogens with one attached hydrogen (secondary N) is 4. The van der Waals surface area contributed by atoms with Gasteiger partial charge in [-0.05, 0) is 51.4 Å². The van der Waals surface area contributed by atoms with E-state index in [1.54, 1.807) is 0 Å². The van der Waals surface area contributed by atoms with Gasteiger partial charge >= 0.3 is 33.6 Å². The summed E-state index contributed by atoms with van der Waals surface area (Å²) >= 11 is 0. The van der Waals surface area contributed by atoms with Crippen molar-refractivity contribution in [1.29, 1.82) is 0 Å². The van der Waals surface area contributed by atoms with Crippen LogP contribution in [0.25, 0.3) is 0 Å². The molecule has 6 amide bonds. The fraction of sp³-hybridized carbons (Fsp3) is 0.920.